The number of carbonyl (C=O) groups is 1. The normalized spacial score (nSPS) is 13.9. The SMILES string of the molecule is C=CC(=O)Nc1cccc(Nc2nc(Nc3ccc(N4CCN(C)CC4)cc3F)ncc2C)c1. The number of likely N-dealkylation sites (N-methyl/N-ethyl adjacent to an activating group) is 1. The van der Waals surface area contributed by atoms with Gasteiger partial charge in [0.1, 0.15) is 11.6 Å². The van der Waals surface area contributed by atoms with Crippen LogP contribution in [0.15, 0.2) is 61.3 Å². The molecule has 0 spiro atoms. The number of anilines is 6. The van der Waals surface area contributed by atoms with Gasteiger partial charge in [-0.1, -0.05) is 12.6 Å². The molecule has 1 amide bonds. The lowest BCUT2D eigenvalue weighted by Gasteiger charge is -2.34. The second-order valence-electron chi connectivity index (χ2n) is 8.20. The van der Waals surface area contributed by atoms with Crippen molar-refractivity contribution in [2.24, 2.45) is 0 Å². The Labute approximate surface area is 198 Å². The first-order valence-electron chi connectivity index (χ1n) is 11.1. The summed E-state index contributed by atoms with van der Waals surface area (Å²) >= 11 is 0. The Morgan fingerprint density at radius 2 is 1.85 bits per heavy atom. The fraction of sp³-hybridized carbons (Fsp3) is 0.240. The smallest absolute Gasteiger partial charge is 0.247 e. The molecule has 1 fully saturated rings. The quantitative estimate of drug-likeness (QED) is 0.453. The molecule has 2 aromatic carbocycles. The number of amides is 1. The molecule has 0 bridgehead atoms. The Bertz CT molecular complexity index is 1190. The van der Waals surface area contributed by atoms with Gasteiger partial charge in [-0.25, -0.2) is 9.37 Å². The number of benzene rings is 2. The van der Waals surface area contributed by atoms with Gasteiger partial charge in [-0.05, 0) is 56.4 Å². The van der Waals surface area contributed by atoms with Crippen LogP contribution in [0.1, 0.15) is 5.56 Å². The van der Waals surface area contributed by atoms with E-state index < -0.39 is 0 Å². The number of rotatable bonds is 7. The van der Waals surface area contributed by atoms with E-state index in [2.05, 4.69) is 49.3 Å². The van der Waals surface area contributed by atoms with Crippen molar-refractivity contribution in [3.63, 3.8) is 0 Å². The summed E-state index contributed by atoms with van der Waals surface area (Å²) in [5.41, 5.74) is 3.35. The molecular weight excluding hydrogens is 433 g/mol. The average Bonchev–Trinajstić information content (AvgIpc) is 2.83. The van der Waals surface area contributed by atoms with E-state index in [-0.39, 0.29) is 17.7 Å². The number of nitrogens with one attached hydrogen (secondary N) is 3. The largest absolute Gasteiger partial charge is 0.369 e. The predicted octanol–water partition coefficient (Wildman–Crippen LogP) is 4.29. The van der Waals surface area contributed by atoms with E-state index in [4.69, 9.17) is 0 Å². The molecule has 1 aromatic heterocycles. The molecule has 0 atom stereocenters. The molecule has 3 N–H and O–H groups in total. The molecule has 1 aliphatic rings. The summed E-state index contributed by atoms with van der Waals surface area (Å²) in [4.78, 5) is 24.8. The van der Waals surface area contributed by atoms with E-state index in [0.717, 1.165) is 43.1 Å². The lowest BCUT2D eigenvalue weighted by molar-refractivity contribution is -0.111. The van der Waals surface area contributed by atoms with E-state index in [1.54, 1.807) is 30.5 Å². The summed E-state index contributed by atoms with van der Waals surface area (Å²) in [7, 11) is 2.09. The zero-order valence-corrected chi connectivity index (χ0v) is 19.3. The van der Waals surface area contributed by atoms with Crippen molar-refractivity contribution in [1.82, 2.24) is 14.9 Å². The van der Waals surface area contributed by atoms with Crippen molar-refractivity contribution in [1.29, 1.82) is 0 Å². The number of aromatic nitrogens is 2. The number of hydrogen-bond donors (Lipinski definition) is 3. The van der Waals surface area contributed by atoms with Gasteiger partial charge < -0.3 is 25.8 Å². The van der Waals surface area contributed by atoms with Crippen LogP contribution in [0.5, 0.6) is 0 Å². The standard InChI is InChI=1S/C25H28FN7O/c1-4-23(34)28-18-6-5-7-19(14-18)29-24-17(2)16-27-25(31-24)30-22-9-8-20(15-21(22)26)33-12-10-32(3)11-13-33/h4-9,14-16H,1,10-13H2,2-3H3,(H,28,34)(H2,27,29,30,31). The molecule has 0 radical (unpaired) electrons. The van der Waals surface area contributed by atoms with Gasteiger partial charge in [0.2, 0.25) is 11.9 Å². The number of carbonyl (C=O) groups excluding carboxylic acids is 1. The lowest BCUT2D eigenvalue weighted by atomic mass is 10.2. The van der Waals surface area contributed by atoms with Crippen molar-refractivity contribution in [3.05, 3.63) is 72.7 Å². The molecule has 8 nitrogen and oxygen atoms in total. The molecule has 0 unspecified atom stereocenters. The Morgan fingerprint density at radius 3 is 2.59 bits per heavy atom. The van der Waals surface area contributed by atoms with Crippen molar-refractivity contribution in [2.75, 3.05) is 54.1 Å². The van der Waals surface area contributed by atoms with Gasteiger partial charge >= 0.3 is 0 Å². The van der Waals surface area contributed by atoms with Gasteiger partial charge in [0.05, 0.1) is 5.69 Å². The van der Waals surface area contributed by atoms with Gasteiger partial charge in [-0.3, -0.25) is 4.79 Å². The minimum atomic E-state index is -0.360. The van der Waals surface area contributed by atoms with E-state index in [1.165, 1.54) is 6.08 Å². The Hall–Kier alpha value is -3.98. The van der Waals surface area contributed by atoms with Crippen LogP contribution in [0.4, 0.5) is 38.9 Å². The second-order valence-corrected chi connectivity index (χ2v) is 8.20. The van der Waals surface area contributed by atoms with Crippen LogP contribution in [0.2, 0.25) is 0 Å². The second kappa shape index (κ2) is 10.3. The number of halogens is 1. The highest BCUT2D eigenvalue weighted by Gasteiger charge is 2.16. The highest BCUT2D eigenvalue weighted by molar-refractivity contribution is 5.99. The van der Waals surface area contributed by atoms with E-state index in [1.807, 2.05) is 25.1 Å². The molecule has 34 heavy (non-hydrogen) atoms. The summed E-state index contributed by atoms with van der Waals surface area (Å²) in [6, 6.07) is 12.4. The minimum absolute atomic E-state index is 0.274. The zero-order chi connectivity index (χ0) is 24.1. The van der Waals surface area contributed by atoms with Crippen molar-refractivity contribution < 1.29 is 9.18 Å². The Morgan fingerprint density at radius 1 is 1.09 bits per heavy atom. The molecule has 3 aromatic rings. The average molecular weight is 462 g/mol. The van der Waals surface area contributed by atoms with Gasteiger partial charge in [-0.2, -0.15) is 4.98 Å². The summed E-state index contributed by atoms with van der Waals surface area (Å²) in [5, 5.41) is 8.93. The van der Waals surface area contributed by atoms with Crippen LogP contribution < -0.4 is 20.9 Å². The van der Waals surface area contributed by atoms with Crippen molar-refractivity contribution in [2.45, 2.75) is 6.92 Å². The van der Waals surface area contributed by atoms with Crippen LogP contribution in [-0.4, -0.2) is 54.0 Å². The molecule has 0 saturated carbocycles. The first-order chi connectivity index (χ1) is 16.4. The summed E-state index contributed by atoms with van der Waals surface area (Å²) in [5.74, 6) is 0.193. The molecule has 2 heterocycles. The Balaban J connectivity index is 1.48. The summed E-state index contributed by atoms with van der Waals surface area (Å²) in [6.07, 6.45) is 2.88. The fourth-order valence-electron chi connectivity index (χ4n) is 3.62. The van der Waals surface area contributed by atoms with Gasteiger partial charge in [0, 0.05) is 55.0 Å². The van der Waals surface area contributed by atoms with Crippen LogP contribution in [0, 0.1) is 12.7 Å². The zero-order valence-electron chi connectivity index (χ0n) is 19.3. The van der Waals surface area contributed by atoms with E-state index in [9.17, 15) is 9.18 Å². The van der Waals surface area contributed by atoms with Gasteiger partial charge in [-0.15, -0.1) is 0 Å². The molecule has 1 aliphatic heterocycles. The van der Waals surface area contributed by atoms with E-state index in [0.29, 0.717) is 17.2 Å². The first kappa shape index (κ1) is 23.2. The van der Waals surface area contributed by atoms with Crippen molar-refractivity contribution >= 4 is 40.4 Å². The van der Waals surface area contributed by atoms with Crippen molar-refractivity contribution in [3.8, 4) is 0 Å². The number of piperazine rings is 1. The number of aryl methyl sites for hydroxylation is 1. The van der Waals surface area contributed by atoms with E-state index >= 15 is 0 Å². The highest BCUT2D eigenvalue weighted by Crippen LogP contribution is 2.26. The molecule has 0 aliphatic carbocycles. The monoisotopic (exact) mass is 461 g/mol. The summed E-state index contributed by atoms with van der Waals surface area (Å²) < 4.78 is 14.9. The maximum absolute atomic E-state index is 14.9. The number of hydrogen-bond acceptors (Lipinski definition) is 7. The maximum Gasteiger partial charge on any atom is 0.247 e. The summed E-state index contributed by atoms with van der Waals surface area (Å²) in [6.45, 7) is 8.99. The lowest BCUT2D eigenvalue weighted by Crippen LogP contribution is -2.44. The first-order valence-corrected chi connectivity index (χ1v) is 11.1. The van der Waals surface area contributed by atoms with Crippen LogP contribution >= 0.6 is 0 Å². The third-order valence-corrected chi connectivity index (χ3v) is 5.62. The van der Waals surface area contributed by atoms with Crippen LogP contribution in [0.25, 0.3) is 0 Å². The molecule has 176 valence electrons. The number of nitrogens with zero attached hydrogens (tertiary/aromatic N) is 4. The molecule has 1 saturated heterocycles. The topological polar surface area (TPSA) is 85.4 Å². The van der Waals surface area contributed by atoms with Gasteiger partial charge in [0.15, 0.2) is 0 Å². The van der Waals surface area contributed by atoms with Gasteiger partial charge in [0.25, 0.3) is 0 Å². The third kappa shape index (κ3) is 5.68. The minimum Gasteiger partial charge on any atom is -0.369 e. The predicted molar refractivity (Wildman–Crippen MR) is 135 cm³/mol. The van der Waals surface area contributed by atoms with Crippen LogP contribution in [0.3, 0.4) is 0 Å². The highest BCUT2D eigenvalue weighted by atomic mass is 19.1. The maximum atomic E-state index is 14.9. The fourth-order valence-corrected chi connectivity index (χ4v) is 3.62. The molecule has 4 rings (SSSR count). The molecular formula is C25H28FN7O. The molecule has 9 heteroatoms. The third-order valence-electron chi connectivity index (χ3n) is 5.62. The van der Waals surface area contributed by atoms with Crippen LogP contribution in [-0.2, 0) is 4.79 Å². The Kier molecular flexibility index (Phi) is 7.03.